The fourth-order valence-corrected chi connectivity index (χ4v) is 2.46. The van der Waals surface area contributed by atoms with Gasteiger partial charge in [0, 0.05) is 11.3 Å². The van der Waals surface area contributed by atoms with Gasteiger partial charge >= 0.3 is 0 Å². The van der Waals surface area contributed by atoms with E-state index >= 15 is 0 Å². The van der Waals surface area contributed by atoms with E-state index in [9.17, 15) is 14.0 Å². The molecule has 0 spiro atoms. The zero-order chi connectivity index (χ0) is 19.9. The normalized spacial score (nSPS) is 11.4. The Balaban J connectivity index is 1.57. The van der Waals surface area contributed by atoms with Crippen molar-refractivity contribution in [1.29, 1.82) is 0 Å². The standard InChI is InChI=1S/C22H19FN2O3/c1-15(21(26)25-20-10-6-5-9-19(20)23)28-18-13-11-17(12-14-18)24-22(27)16-7-3-2-4-8-16/h2-15H,1H3,(H,24,27)(H,25,26)/t15-/m1/s1. The molecule has 3 aromatic carbocycles. The summed E-state index contributed by atoms with van der Waals surface area (Å²) in [7, 11) is 0. The van der Waals surface area contributed by atoms with Gasteiger partial charge in [0.2, 0.25) is 0 Å². The number of hydrogen-bond acceptors (Lipinski definition) is 3. The van der Waals surface area contributed by atoms with Crippen molar-refractivity contribution in [2.75, 3.05) is 10.6 Å². The zero-order valence-electron chi connectivity index (χ0n) is 15.2. The molecule has 28 heavy (non-hydrogen) atoms. The second kappa shape index (κ2) is 8.81. The van der Waals surface area contributed by atoms with Crippen molar-refractivity contribution in [3.8, 4) is 5.75 Å². The Labute approximate surface area is 162 Å². The Morgan fingerprint density at radius 3 is 2.18 bits per heavy atom. The van der Waals surface area contributed by atoms with Crippen LogP contribution in [0.2, 0.25) is 0 Å². The molecule has 3 aromatic rings. The molecular weight excluding hydrogens is 359 g/mol. The van der Waals surface area contributed by atoms with Crippen LogP contribution in [0.25, 0.3) is 0 Å². The number of anilines is 2. The molecule has 142 valence electrons. The lowest BCUT2D eigenvalue weighted by molar-refractivity contribution is -0.122. The highest BCUT2D eigenvalue weighted by Gasteiger charge is 2.16. The molecule has 0 aliphatic carbocycles. The van der Waals surface area contributed by atoms with Crippen molar-refractivity contribution in [3.63, 3.8) is 0 Å². The molecule has 0 radical (unpaired) electrons. The topological polar surface area (TPSA) is 67.4 Å². The number of benzene rings is 3. The van der Waals surface area contributed by atoms with Crippen molar-refractivity contribution in [3.05, 3.63) is 90.2 Å². The third-order valence-electron chi connectivity index (χ3n) is 3.96. The molecule has 2 N–H and O–H groups in total. The summed E-state index contributed by atoms with van der Waals surface area (Å²) >= 11 is 0. The van der Waals surface area contributed by atoms with Gasteiger partial charge in [-0.25, -0.2) is 4.39 Å². The van der Waals surface area contributed by atoms with Crippen molar-refractivity contribution < 1.29 is 18.7 Å². The first-order chi connectivity index (χ1) is 13.5. The first-order valence-electron chi connectivity index (χ1n) is 8.71. The minimum atomic E-state index is -0.829. The van der Waals surface area contributed by atoms with Gasteiger partial charge < -0.3 is 15.4 Å². The molecule has 0 aromatic heterocycles. The lowest BCUT2D eigenvalue weighted by atomic mass is 10.2. The van der Waals surface area contributed by atoms with E-state index in [2.05, 4.69) is 10.6 Å². The van der Waals surface area contributed by atoms with Crippen LogP contribution < -0.4 is 15.4 Å². The molecule has 6 heteroatoms. The number of carbonyl (C=O) groups excluding carboxylic acids is 2. The maximum atomic E-state index is 13.6. The van der Waals surface area contributed by atoms with Crippen LogP contribution in [0.4, 0.5) is 15.8 Å². The summed E-state index contributed by atoms with van der Waals surface area (Å²) in [5.41, 5.74) is 1.26. The Kier molecular flexibility index (Phi) is 6.01. The molecule has 3 rings (SSSR count). The molecule has 5 nitrogen and oxygen atoms in total. The van der Waals surface area contributed by atoms with E-state index < -0.39 is 17.8 Å². The molecule has 2 amide bonds. The average molecular weight is 378 g/mol. The van der Waals surface area contributed by atoms with Crippen molar-refractivity contribution >= 4 is 23.2 Å². The van der Waals surface area contributed by atoms with E-state index in [4.69, 9.17) is 4.74 Å². The largest absolute Gasteiger partial charge is 0.481 e. The first-order valence-corrected chi connectivity index (χ1v) is 8.71. The van der Waals surface area contributed by atoms with Gasteiger partial charge in [0.15, 0.2) is 6.10 Å². The maximum absolute atomic E-state index is 13.6. The average Bonchev–Trinajstić information content (AvgIpc) is 2.71. The summed E-state index contributed by atoms with van der Waals surface area (Å²) in [6.07, 6.45) is -0.829. The van der Waals surface area contributed by atoms with Crippen LogP contribution in [0, 0.1) is 5.82 Å². The smallest absolute Gasteiger partial charge is 0.265 e. The van der Waals surface area contributed by atoms with Gasteiger partial charge in [-0.2, -0.15) is 0 Å². The molecule has 0 aliphatic heterocycles. The monoisotopic (exact) mass is 378 g/mol. The first kappa shape index (κ1) is 19.1. The number of hydrogen-bond donors (Lipinski definition) is 2. The third kappa shape index (κ3) is 4.94. The van der Waals surface area contributed by atoms with E-state index in [0.29, 0.717) is 17.0 Å². The summed E-state index contributed by atoms with van der Waals surface area (Å²) in [6, 6.07) is 21.4. The molecule has 0 saturated carbocycles. The van der Waals surface area contributed by atoms with Gasteiger partial charge in [0.1, 0.15) is 11.6 Å². The van der Waals surface area contributed by atoms with E-state index in [0.717, 1.165) is 0 Å². The summed E-state index contributed by atoms with van der Waals surface area (Å²) in [5.74, 6) is -0.742. The van der Waals surface area contributed by atoms with Gasteiger partial charge in [0.25, 0.3) is 11.8 Å². The van der Waals surface area contributed by atoms with Crippen LogP contribution >= 0.6 is 0 Å². The molecule has 0 aliphatic rings. The van der Waals surface area contributed by atoms with E-state index in [-0.39, 0.29) is 11.6 Å². The lowest BCUT2D eigenvalue weighted by Gasteiger charge is -2.15. The van der Waals surface area contributed by atoms with Crippen LogP contribution in [0.1, 0.15) is 17.3 Å². The summed E-state index contributed by atoms with van der Waals surface area (Å²) in [4.78, 5) is 24.3. The molecule has 0 unspecified atom stereocenters. The van der Waals surface area contributed by atoms with Gasteiger partial charge in [-0.3, -0.25) is 9.59 Å². The van der Waals surface area contributed by atoms with Crippen LogP contribution in [0.3, 0.4) is 0 Å². The molecular formula is C22H19FN2O3. The number of nitrogens with one attached hydrogen (secondary N) is 2. The van der Waals surface area contributed by atoms with Crippen molar-refractivity contribution in [2.24, 2.45) is 0 Å². The molecule has 1 atom stereocenters. The number of carbonyl (C=O) groups is 2. The van der Waals surface area contributed by atoms with Gasteiger partial charge in [-0.1, -0.05) is 30.3 Å². The number of amides is 2. The number of halogens is 1. The molecule has 0 saturated heterocycles. The van der Waals surface area contributed by atoms with Crippen LogP contribution in [-0.4, -0.2) is 17.9 Å². The lowest BCUT2D eigenvalue weighted by Crippen LogP contribution is -2.30. The zero-order valence-corrected chi connectivity index (χ0v) is 15.2. The van der Waals surface area contributed by atoms with Crippen LogP contribution in [0.15, 0.2) is 78.9 Å². The van der Waals surface area contributed by atoms with Gasteiger partial charge in [-0.15, -0.1) is 0 Å². The SMILES string of the molecule is C[C@@H](Oc1ccc(NC(=O)c2ccccc2)cc1)C(=O)Nc1ccccc1F. The predicted octanol–water partition coefficient (Wildman–Crippen LogP) is 4.48. The Morgan fingerprint density at radius 2 is 1.50 bits per heavy atom. The Bertz CT molecular complexity index is 959. The maximum Gasteiger partial charge on any atom is 0.265 e. The van der Waals surface area contributed by atoms with E-state index in [1.54, 1.807) is 67.6 Å². The molecule has 0 fully saturated rings. The highest BCUT2D eigenvalue weighted by Crippen LogP contribution is 2.19. The van der Waals surface area contributed by atoms with Crippen LogP contribution in [-0.2, 0) is 4.79 Å². The second-order valence-electron chi connectivity index (χ2n) is 6.07. The van der Waals surface area contributed by atoms with Crippen molar-refractivity contribution in [2.45, 2.75) is 13.0 Å². The Morgan fingerprint density at radius 1 is 0.857 bits per heavy atom. The number of rotatable bonds is 6. The van der Waals surface area contributed by atoms with Crippen molar-refractivity contribution in [1.82, 2.24) is 0 Å². The minimum absolute atomic E-state index is 0.0990. The highest BCUT2D eigenvalue weighted by atomic mass is 19.1. The number of ether oxygens (including phenoxy) is 1. The number of para-hydroxylation sites is 1. The quantitative estimate of drug-likeness (QED) is 0.664. The fourth-order valence-electron chi connectivity index (χ4n) is 2.46. The third-order valence-corrected chi connectivity index (χ3v) is 3.96. The van der Waals surface area contributed by atoms with Gasteiger partial charge in [-0.05, 0) is 55.5 Å². The molecule has 0 bridgehead atoms. The van der Waals surface area contributed by atoms with E-state index in [1.165, 1.54) is 12.1 Å². The van der Waals surface area contributed by atoms with Crippen LogP contribution in [0.5, 0.6) is 5.75 Å². The second-order valence-corrected chi connectivity index (χ2v) is 6.07. The Hall–Kier alpha value is -3.67. The minimum Gasteiger partial charge on any atom is -0.481 e. The summed E-state index contributed by atoms with van der Waals surface area (Å²) < 4.78 is 19.2. The predicted molar refractivity (Wildman–Crippen MR) is 106 cm³/mol. The van der Waals surface area contributed by atoms with E-state index in [1.807, 2.05) is 6.07 Å². The summed E-state index contributed by atoms with van der Waals surface area (Å²) in [5, 5.41) is 5.27. The van der Waals surface area contributed by atoms with Gasteiger partial charge in [0.05, 0.1) is 5.69 Å². The highest BCUT2D eigenvalue weighted by molar-refractivity contribution is 6.04. The fraction of sp³-hybridized carbons (Fsp3) is 0.0909. The summed E-state index contributed by atoms with van der Waals surface area (Å²) in [6.45, 7) is 1.57. The molecule has 0 heterocycles.